The van der Waals surface area contributed by atoms with Crippen LogP contribution in [0.2, 0.25) is 0 Å². The monoisotopic (exact) mass is 345 g/mol. The summed E-state index contributed by atoms with van der Waals surface area (Å²) in [6, 6.07) is 14.5. The molecule has 0 fully saturated rings. The van der Waals surface area contributed by atoms with Gasteiger partial charge in [-0.25, -0.2) is 13.1 Å². The third kappa shape index (κ3) is 6.72. The highest BCUT2D eigenvalue weighted by Crippen LogP contribution is 2.02. The van der Waals surface area contributed by atoms with Crippen molar-refractivity contribution in [3.8, 4) is 0 Å². The van der Waals surface area contributed by atoms with Gasteiger partial charge in [0.15, 0.2) is 0 Å². The lowest BCUT2D eigenvalue weighted by molar-refractivity contribution is -0.121. The van der Waals surface area contributed by atoms with Crippen molar-refractivity contribution in [1.29, 1.82) is 0 Å². The third-order valence-corrected chi connectivity index (χ3v) is 4.19. The Kier molecular flexibility index (Phi) is 6.65. The van der Waals surface area contributed by atoms with Crippen LogP contribution in [0.4, 0.5) is 0 Å². The molecule has 0 aliphatic heterocycles. The Morgan fingerprint density at radius 3 is 2.54 bits per heavy atom. The number of hydrogen-bond acceptors (Lipinski definition) is 4. The van der Waals surface area contributed by atoms with E-state index in [1.165, 1.54) is 6.08 Å². The molecule has 1 aromatic carbocycles. The van der Waals surface area contributed by atoms with Gasteiger partial charge in [0.2, 0.25) is 15.9 Å². The molecule has 0 saturated carbocycles. The maximum Gasteiger partial charge on any atom is 0.233 e. The lowest BCUT2D eigenvalue weighted by atomic mass is 10.2. The summed E-state index contributed by atoms with van der Waals surface area (Å²) in [5.41, 5.74) is 1.54. The van der Waals surface area contributed by atoms with Crippen molar-refractivity contribution in [3.05, 3.63) is 71.4 Å². The predicted octanol–water partition coefficient (Wildman–Crippen LogP) is 1.68. The Morgan fingerprint density at radius 2 is 1.83 bits per heavy atom. The van der Waals surface area contributed by atoms with E-state index in [2.05, 4.69) is 15.0 Å². The summed E-state index contributed by atoms with van der Waals surface area (Å²) in [6.45, 7) is 0.357. The Hall–Kier alpha value is -2.51. The molecule has 0 radical (unpaired) electrons. The van der Waals surface area contributed by atoms with Crippen molar-refractivity contribution in [1.82, 2.24) is 15.0 Å². The minimum Gasteiger partial charge on any atom is -0.350 e. The number of pyridine rings is 1. The number of nitrogens with one attached hydrogen (secondary N) is 2. The van der Waals surface area contributed by atoms with Crippen molar-refractivity contribution in [3.63, 3.8) is 0 Å². The standard InChI is InChI=1S/C17H19N3O3S/c21-17(19-14-16-8-4-5-11-18-16)9-12-20-24(22,23)13-10-15-6-2-1-3-7-15/h1-8,10-11,13,20H,9,12,14H2,(H,19,21)/b13-10+. The number of hydrogen-bond donors (Lipinski definition) is 2. The van der Waals surface area contributed by atoms with Crippen LogP contribution in [0.1, 0.15) is 17.7 Å². The Morgan fingerprint density at radius 1 is 1.08 bits per heavy atom. The molecule has 0 aliphatic rings. The summed E-state index contributed by atoms with van der Waals surface area (Å²) < 4.78 is 26.0. The molecular formula is C17H19N3O3S. The molecule has 0 bridgehead atoms. The molecule has 24 heavy (non-hydrogen) atoms. The van der Waals surface area contributed by atoms with Crippen LogP contribution in [0.3, 0.4) is 0 Å². The zero-order valence-electron chi connectivity index (χ0n) is 13.1. The van der Waals surface area contributed by atoms with Crippen molar-refractivity contribution in [2.45, 2.75) is 13.0 Å². The first-order chi connectivity index (χ1) is 11.6. The first kappa shape index (κ1) is 17.8. The number of carbonyl (C=O) groups is 1. The predicted molar refractivity (Wildman–Crippen MR) is 93.1 cm³/mol. The van der Waals surface area contributed by atoms with E-state index < -0.39 is 10.0 Å². The molecule has 0 saturated heterocycles. The lowest BCUT2D eigenvalue weighted by Crippen LogP contribution is -2.29. The minimum atomic E-state index is -3.57. The topological polar surface area (TPSA) is 88.2 Å². The van der Waals surface area contributed by atoms with Gasteiger partial charge < -0.3 is 5.32 Å². The fourth-order valence-corrected chi connectivity index (χ4v) is 2.69. The molecule has 7 heteroatoms. The van der Waals surface area contributed by atoms with Crippen molar-refractivity contribution in [2.75, 3.05) is 6.54 Å². The molecule has 2 aromatic rings. The summed E-state index contributed by atoms with van der Waals surface area (Å²) in [5, 5.41) is 3.78. The van der Waals surface area contributed by atoms with Gasteiger partial charge >= 0.3 is 0 Å². The van der Waals surface area contributed by atoms with E-state index in [4.69, 9.17) is 0 Å². The largest absolute Gasteiger partial charge is 0.350 e. The molecule has 1 amide bonds. The molecule has 0 aliphatic carbocycles. The molecule has 1 heterocycles. The van der Waals surface area contributed by atoms with E-state index in [0.717, 1.165) is 16.7 Å². The fraction of sp³-hybridized carbons (Fsp3) is 0.176. The van der Waals surface area contributed by atoms with Gasteiger partial charge in [-0.3, -0.25) is 9.78 Å². The number of nitrogens with zero attached hydrogens (tertiary/aromatic N) is 1. The Balaban J connectivity index is 1.72. The molecular weight excluding hydrogens is 326 g/mol. The number of carbonyl (C=O) groups excluding carboxylic acids is 1. The van der Waals surface area contributed by atoms with E-state index in [1.807, 2.05) is 24.3 Å². The van der Waals surface area contributed by atoms with E-state index in [9.17, 15) is 13.2 Å². The van der Waals surface area contributed by atoms with Crippen LogP contribution in [0.25, 0.3) is 6.08 Å². The number of sulfonamides is 1. The highest BCUT2D eigenvalue weighted by Gasteiger charge is 2.07. The van der Waals surface area contributed by atoms with E-state index >= 15 is 0 Å². The molecule has 2 N–H and O–H groups in total. The van der Waals surface area contributed by atoms with E-state index in [-0.39, 0.29) is 18.9 Å². The van der Waals surface area contributed by atoms with Gasteiger partial charge in [-0.05, 0) is 23.8 Å². The maximum absolute atomic E-state index is 11.8. The highest BCUT2D eigenvalue weighted by molar-refractivity contribution is 7.92. The number of aromatic nitrogens is 1. The second kappa shape index (κ2) is 8.95. The van der Waals surface area contributed by atoms with Gasteiger partial charge in [0.1, 0.15) is 0 Å². The van der Waals surface area contributed by atoms with Crippen LogP contribution in [0, 0.1) is 0 Å². The summed E-state index contributed by atoms with van der Waals surface area (Å²) >= 11 is 0. The summed E-state index contributed by atoms with van der Waals surface area (Å²) in [5.74, 6) is -0.240. The SMILES string of the molecule is O=C(CCNS(=O)(=O)/C=C/c1ccccc1)NCc1ccccn1. The number of benzene rings is 1. The molecule has 0 unspecified atom stereocenters. The van der Waals surface area contributed by atoms with Gasteiger partial charge in [0.05, 0.1) is 12.2 Å². The van der Waals surface area contributed by atoms with Crippen molar-refractivity contribution >= 4 is 22.0 Å². The van der Waals surface area contributed by atoms with E-state index in [0.29, 0.717) is 6.54 Å². The average molecular weight is 345 g/mol. The smallest absolute Gasteiger partial charge is 0.233 e. The fourth-order valence-electron chi connectivity index (χ4n) is 1.87. The zero-order valence-corrected chi connectivity index (χ0v) is 13.9. The minimum absolute atomic E-state index is 0.0372. The molecule has 6 nitrogen and oxygen atoms in total. The summed E-state index contributed by atoms with van der Waals surface area (Å²) in [4.78, 5) is 15.8. The van der Waals surface area contributed by atoms with E-state index in [1.54, 1.807) is 30.5 Å². The van der Waals surface area contributed by atoms with Crippen molar-refractivity contribution < 1.29 is 13.2 Å². The first-order valence-electron chi connectivity index (χ1n) is 7.44. The van der Waals surface area contributed by atoms with Gasteiger partial charge in [0.25, 0.3) is 0 Å². The van der Waals surface area contributed by atoms with Crippen LogP contribution in [0.15, 0.2) is 60.1 Å². The molecule has 126 valence electrons. The maximum atomic E-state index is 11.8. The number of amides is 1. The third-order valence-electron chi connectivity index (χ3n) is 3.09. The molecule has 2 rings (SSSR count). The van der Waals surface area contributed by atoms with Gasteiger partial charge in [-0.1, -0.05) is 36.4 Å². The van der Waals surface area contributed by atoms with Gasteiger partial charge in [0, 0.05) is 24.6 Å². The van der Waals surface area contributed by atoms with Gasteiger partial charge in [-0.2, -0.15) is 0 Å². The highest BCUT2D eigenvalue weighted by atomic mass is 32.2. The first-order valence-corrected chi connectivity index (χ1v) is 8.99. The van der Waals surface area contributed by atoms with Crippen LogP contribution in [-0.4, -0.2) is 25.9 Å². The average Bonchev–Trinajstić information content (AvgIpc) is 2.60. The van der Waals surface area contributed by atoms with Crippen LogP contribution in [0.5, 0.6) is 0 Å². The van der Waals surface area contributed by atoms with Crippen LogP contribution >= 0.6 is 0 Å². The Bertz CT molecular complexity index is 775. The zero-order chi connectivity index (χ0) is 17.3. The molecule has 1 aromatic heterocycles. The second-order valence-electron chi connectivity index (χ2n) is 5.00. The Labute approximate surface area is 141 Å². The van der Waals surface area contributed by atoms with Crippen LogP contribution in [-0.2, 0) is 21.4 Å². The van der Waals surface area contributed by atoms with Crippen LogP contribution < -0.4 is 10.0 Å². The normalized spacial score (nSPS) is 11.5. The summed E-state index contributed by atoms with van der Waals surface area (Å²) in [7, 11) is -3.57. The quantitative estimate of drug-likeness (QED) is 0.762. The molecule has 0 spiro atoms. The number of rotatable bonds is 8. The molecule has 0 atom stereocenters. The second-order valence-corrected chi connectivity index (χ2v) is 6.65. The van der Waals surface area contributed by atoms with Gasteiger partial charge in [-0.15, -0.1) is 0 Å². The summed E-state index contributed by atoms with van der Waals surface area (Å²) in [6.07, 6.45) is 3.21. The van der Waals surface area contributed by atoms with Crippen molar-refractivity contribution in [2.24, 2.45) is 0 Å². The lowest BCUT2D eigenvalue weighted by Gasteiger charge is -2.05.